The van der Waals surface area contributed by atoms with Gasteiger partial charge in [-0.2, -0.15) is 8.42 Å². The Balaban J connectivity index is 1.61. The van der Waals surface area contributed by atoms with Crippen molar-refractivity contribution in [2.75, 3.05) is 19.6 Å². The Morgan fingerprint density at radius 1 is 1.34 bits per heavy atom. The number of amides is 1. The molecule has 1 amide bonds. The molecular weight excluding hydrogens is 490 g/mol. The Kier molecular flexibility index (Phi) is 6.23. The largest absolute Gasteiger partial charge is 0.433 e. The predicted octanol–water partition coefficient (Wildman–Crippen LogP) is 2.57. The average Bonchev–Trinajstić information content (AvgIpc) is 3.46. The number of hydrogen-bond acceptors (Lipinski definition) is 7. The lowest BCUT2D eigenvalue weighted by molar-refractivity contribution is -0.728. The molecule has 2 aliphatic rings. The second-order valence-corrected chi connectivity index (χ2v) is 11.7. The summed E-state index contributed by atoms with van der Waals surface area (Å²) >= 11 is 6.10. The van der Waals surface area contributed by atoms with E-state index in [2.05, 4.69) is 26.5 Å². The first-order valence-electron chi connectivity index (χ1n) is 11.6. The molecule has 0 aliphatic carbocycles. The number of H-pyrrole nitrogens is 1. The van der Waals surface area contributed by atoms with Crippen LogP contribution in [0.3, 0.4) is 0 Å². The number of benzene rings is 1. The standard InChI is InChI=1S/C24H27ClN5O4S/c1-3-4-5-18-14-30(9-8-26-18,24(31)23-29-20-10-15(2)27-13-21(20)34-23)35(32,33)22-12-16-11-17(25)6-7-19(16)28-22/h1,6-7,11-12,15,18,26-28H,4-5,8-10,13-14H2,2H3/q+1. The summed E-state index contributed by atoms with van der Waals surface area (Å²) < 4.78 is 33.5. The molecular formula is C24H27ClN5O4S+. The van der Waals surface area contributed by atoms with Gasteiger partial charge in [0, 0.05) is 41.4 Å². The fourth-order valence-corrected chi connectivity index (χ4v) is 6.98. The van der Waals surface area contributed by atoms with E-state index in [0.29, 0.717) is 59.7 Å². The molecule has 3 atom stereocenters. The number of quaternary nitrogens is 1. The number of fused-ring (bicyclic) bond motifs is 2. The molecule has 4 heterocycles. The zero-order valence-electron chi connectivity index (χ0n) is 19.3. The number of nitrogens with zero attached hydrogens (tertiary/aromatic N) is 2. The Bertz CT molecular complexity index is 1440. The van der Waals surface area contributed by atoms with Crippen molar-refractivity contribution in [3.8, 4) is 12.3 Å². The molecule has 1 aromatic carbocycles. The molecule has 3 N–H and O–H groups in total. The molecule has 11 heteroatoms. The quantitative estimate of drug-likeness (QED) is 0.352. The smallest absolute Gasteiger partial charge is 0.417 e. The van der Waals surface area contributed by atoms with Crippen molar-refractivity contribution in [3.63, 3.8) is 0 Å². The number of rotatable bonds is 5. The average molecular weight is 517 g/mol. The summed E-state index contributed by atoms with van der Waals surface area (Å²) in [4.78, 5) is 21.5. The summed E-state index contributed by atoms with van der Waals surface area (Å²) in [5.41, 5.74) is 1.30. The van der Waals surface area contributed by atoms with E-state index in [1.165, 1.54) is 6.07 Å². The zero-order valence-corrected chi connectivity index (χ0v) is 20.9. The molecule has 0 saturated carbocycles. The molecule has 3 unspecified atom stereocenters. The number of nitrogens with one attached hydrogen (secondary N) is 3. The van der Waals surface area contributed by atoms with Crippen LogP contribution >= 0.6 is 11.6 Å². The van der Waals surface area contributed by atoms with Crippen molar-refractivity contribution in [2.24, 2.45) is 0 Å². The van der Waals surface area contributed by atoms with Crippen LogP contribution in [0, 0.1) is 12.3 Å². The van der Waals surface area contributed by atoms with Gasteiger partial charge in [0.15, 0.2) is 5.03 Å². The fraction of sp³-hybridized carbons (Fsp3) is 0.417. The van der Waals surface area contributed by atoms with Crippen LogP contribution in [-0.4, -0.2) is 59.9 Å². The molecule has 2 aromatic heterocycles. The van der Waals surface area contributed by atoms with Gasteiger partial charge in [-0.1, -0.05) is 11.6 Å². The third-order valence-electron chi connectivity index (χ3n) is 6.80. The van der Waals surface area contributed by atoms with Crippen molar-refractivity contribution in [2.45, 2.75) is 49.8 Å². The van der Waals surface area contributed by atoms with Gasteiger partial charge in [0.2, 0.25) is 0 Å². The number of terminal acetylenes is 1. The van der Waals surface area contributed by atoms with Crippen LogP contribution in [0.2, 0.25) is 5.02 Å². The molecule has 1 fully saturated rings. The van der Waals surface area contributed by atoms with Crippen molar-refractivity contribution < 1.29 is 21.5 Å². The zero-order chi connectivity index (χ0) is 24.8. The number of halogens is 1. The Labute approximate surface area is 208 Å². The number of sulfonamides is 1. The van der Waals surface area contributed by atoms with Gasteiger partial charge >= 0.3 is 21.8 Å². The molecule has 2 aliphatic heterocycles. The summed E-state index contributed by atoms with van der Waals surface area (Å²) in [6.07, 6.45) is 7.07. The minimum absolute atomic E-state index is 0.0146. The highest BCUT2D eigenvalue weighted by atomic mass is 35.5. The topological polar surface area (TPSA) is 117 Å². The number of aromatic nitrogens is 2. The lowest BCUT2D eigenvalue weighted by Crippen LogP contribution is -2.67. The summed E-state index contributed by atoms with van der Waals surface area (Å²) in [5, 5.41) is 7.67. The number of piperazine rings is 1. The highest BCUT2D eigenvalue weighted by molar-refractivity contribution is 7.86. The first-order valence-corrected chi connectivity index (χ1v) is 13.4. The maximum absolute atomic E-state index is 14.2. The fourth-order valence-electron chi connectivity index (χ4n) is 4.90. The minimum atomic E-state index is -4.23. The summed E-state index contributed by atoms with van der Waals surface area (Å²) in [7, 11) is -4.23. The maximum Gasteiger partial charge on any atom is 0.417 e. The normalized spacial score (nSPS) is 24.7. The van der Waals surface area contributed by atoms with Gasteiger partial charge in [0.25, 0.3) is 0 Å². The number of oxazole rings is 1. The van der Waals surface area contributed by atoms with Crippen LogP contribution in [0.25, 0.3) is 10.9 Å². The molecule has 3 aromatic rings. The van der Waals surface area contributed by atoms with E-state index in [9.17, 15) is 13.2 Å². The van der Waals surface area contributed by atoms with Gasteiger partial charge in [-0.05, 0) is 37.6 Å². The van der Waals surface area contributed by atoms with Gasteiger partial charge in [-0.25, -0.2) is 9.78 Å². The van der Waals surface area contributed by atoms with E-state index in [0.717, 1.165) is 0 Å². The second-order valence-electron chi connectivity index (χ2n) is 9.21. The van der Waals surface area contributed by atoms with Crippen LogP contribution in [-0.2, 0) is 23.0 Å². The van der Waals surface area contributed by atoms with E-state index in [4.69, 9.17) is 22.4 Å². The molecule has 0 radical (unpaired) electrons. The Morgan fingerprint density at radius 2 is 2.17 bits per heavy atom. The van der Waals surface area contributed by atoms with Crippen molar-refractivity contribution >= 4 is 38.4 Å². The van der Waals surface area contributed by atoms with Crippen LogP contribution in [0.4, 0.5) is 0 Å². The maximum atomic E-state index is 14.2. The van der Waals surface area contributed by atoms with Gasteiger partial charge < -0.3 is 20.0 Å². The summed E-state index contributed by atoms with van der Waals surface area (Å²) in [5.74, 6) is 2.32. The molecule has 35 heavy (non-hydrogen) atoms. The first-order chi connectivity index (χ1) is 16.7. The van der Waals surface area contributed by atoms with Gasteiger partial charge in [-0.3, -0.25) is 0 Å². The summed E-state index contributed by atoms with van der Waals surface area (Å²) in [6.45, 7) is 2.84. The van der Waals surface area contributed by atoms with Crippen molar-refractivity contribution in [1.29, 1.82) is 0 Å². The second kappa shape index (κ2) is 9.08. The van der Waals surface area contributed by atoms with E-state index in [1.54, 1.807) is 18.2 Å². The van der Waals surface area contributed by atoms with Gasteiger partial charge in [0.1, 0.15) is 18.8 Å². The highest BCUT2D eigenvalue weighted by Crippen LogP contribution is 2.33. The predicted molar refractivity (Wildman–Crippen MR) is 131 cm³/mol. The summed E-state index contributed by atoms with van der Waals surface area (Å²) in [6, 6.07) is 6.53. The number of carbonyl (C=O) groups is 1. The third kappa shape index (κ3) is 4.17. The van der Waals surface area contributed by atoms with Crippen LogP contribution < -0.4 is 10.6 Å². The van der Waals surface area contributed by atoms with E-state index >= 15 is 0 Å². The van der Waals surface area contributed by atoms with Crippen molar-refractivity contribution in [1.82, 2.24) is 20.6 Å². The minimum Gasteiger partial charge on any atom is -0.433 e. The monoisotopic (exact) mass is 516 g/mol. The lowest BCUT2D eigenvalue weighted by atomic mass is 10.1. The molecule has 1 saturated heterocycles. The molecule has 184 valence electrons. The van der Waals surface area contributed by atoms with E-state index in [1.807, 2.05) is 6.92 Å². The molecule has 0 spiro atoms. The lowest BCUT2D eigenvalue weighted by Gasteiger charge is -2.39. The molecule has 9 nitrogen and oxygen atoms in total. The number of aromatic amines is 1. The first kappa shape index (κ1) is 24.0. The Morgan fingerprint density at radius 3 is 2.97 bits per heavy atom. The Hall–Kier alpha value is -2.68. The molecule has 5 rings (SSSR count). The number of hydrogen-bond donors (Lipinski definition) is 3. The van der Waals surface area contributed by atoms with Crippen LogP contribution in [0.5, 0.6) is 0 Å². The highest BCUT2D eigenvalue weighted by Gasteiger charge is 2.56. The number of carbonyl (C=O) groups excluding carboxylic acids is 1. The SMILES string of the molecule is C#CCCC1C[N+](C(=O)c2nc3c(o2)CNC(C)C3)(S(=O)(=O)c2cc3cc(Cl)ccc3[nH]2)CCN1. The third-order valence-corrected chi connectivity index (χ3v) is 9.22. The van der Waals surface area contributed by atoms with E-state index in [-0.39, 0.29) is 36.1 Å². The van der Waals surface area contributed by atoms with Gasteiger partial charge in [0.05, 0.1) is 18.3 Å². The molecule has 0 bridgehead atoms. The van der Waals surface area contributed by atoms with Crippen molar-refractivity contribution in [3.05, 3.63) is 46.6 Å². The van der Waals surface area contributed by atoms with E-state index < -0.39 is 19.8 Å². The van der Waals surface area contributed by atoms with Gasteiger partial charge in [-0.15, -0.1) is 16.2 Å². The van der Waals surface area contributed by atoms with Crippen LogP contribution in [0.15, 0.2) is 33.7 Å². The van der Waals surface area contributed by atoms with Crippen LogP contribution in [0.1, 0.15) is 41.9 Å².